The maximum Gasteiger partial charge on any atom is 0.357 e. The molecular formula is C13H8BrCl2N3O2. The number of anilines is 1. The van der Waals surface area contributed by atoms with E-state index in [4.69, 9.17) is 38.9 Å². The van der Waals surface area contributed by atoms with Crippen molar-refractivity contribution in [3.05, 3.63) is 44.1 Å². The summed E-state index contributed by atoms with van der Waals surface area (Å²) >= 11 is 15.5. The van der Waals surface area contributed by atoms with Crippen LogP contribution in [0.5, 0.6) is 0 Å². The maximum absolute atomic E-state index is 11.9. The standard InChI is InChI=1S/C13H8BrCl2N3O2/c1-21-13(20)12-11(18)6(4-17)5-19(12)8-3-2-7(14)9(15)10(8)16/h2-3,5H,18H2,1H3. The molecule has 2 rings (SSSR count). The summed E-state index contributed by atoms with van der Waals surface area (Å²) in [6.45, 7) is 0. The van der Waals surface area contributed by atoms with E-state index in [2.05, 4.69) is 15.9 Å². The molecule has 1 heterocycles. The zero-order valence-corrected chi connectivity index (χ0v) is 13.8. The monoisotopic (exact) mass is 387 g/mol. The average Bonchev–Trinajstić information content (AvgIpc) is 2.80. The fourth-order valence-electron chi connectivity index (χ4n) is 1.81. The summed E-state index contributed by atoms with van der Waals surface area (Å²) < 4.78 is 6.70. The van der Waals surface area contributed by atoms with Crippen molar-refractivity contribution in [2.75, 3.05) is 12.8 Å². The second-order valence-electron chi connectivity index (χ2n) is 3.97. The second kappa shape index (κ2) is 5.98. The molecule has 2 N–H and O–H groups in total. The number of nitrogens with zero attached hydrogens (tertiary/aromatic N) is 2. The predicted octanol–water partition coefficient (Wildman–Crippen LogP) is 3.79. The molecule has 5 nitrogen and oxygen atoms in total. The first-order chi connectivity index (χ1) is 9.92. The molecule has 1 aromatic heterocycles. The van der Waals surface area contributed by atoms with Gasteiger partial charge in [0, 0.05) is 10.7 Å². The number of nitriles is 1. The number of ether oxygens (including phenoxy) is 1. The van der Waals surface area contributed by atoms with Gasteiger partial charge in [0.15, 0.2) is 5.69 Å². The largest absolute Gasteiger partial charge is 0.464 e. The molecule has 0 saturated heterocycles. The van der Waals surface area contributed by atoms with Crippen LogP contribution in [0.3, 0.4) is 0 Å². The third-order valence-electron chi connectivity index (χ3n) is 2.82. The molecule has 0 aliphatic rings. The quantitative estimate of drug-likeness (QED) is 0.626. The van der Waals surface area contributed by atoms with Crippen molar-refractivity contribution in [3.63, 3.8) is 0 Å². The number of halogens is 3. The Morgan fingerprint density at radius 3 is 2.67 bits per heavy atom. The van der Waals surface area contributed by atoms with E-state index in [1.54, 1.807) is 12.1 Å². The fraction of sp³-hybridized carbons (Fsp3) is 0.0769. The van der Waals surface area contributed by atoms with Crippen LogP contribution in [0, 0.1) is 11.3 Å². The van der Waals surface area contributed by atoms with E-state index in [1.165, 1.54) is 17.9 Å². The van der Waals surface area contributed by atoms with Crippen molar-refractivity contribution in [1.82, 2.24) is 4.57 Å². The van der Waals surface area contributed by atoms with Crippen molar-refractivity contribution in [2.24, 2.45) is 0 Å². The van der Waals surface area contributed by atoms with Crippen LogP contribution >= 0.6 is 39.1 Å². The molecule has 0 radical (unpaired) electrons. The molecule has 0 aliphatic heterocycles. The van der Waals surface area contributed by atoms with Crippen LogP contribution in [0.1, 0.15) is 16.1 Å². The number of hydrogen-bond acceptors (Lipinski definition) is 4. The highest BCUT2D eigenvalue weighted by molar-refractivity contribution is 9.10. The third-order valence-corrected chi connectivity index (χ3v) is 4.58. The molecule has 108 valence electrons. The van der Waals surface area contributed by atoms with Crippen molar-refractivity contribution in [1.29, 1.82) is 5.26 Å². The summed E-state index contributed by atoms with van der Waals surface area (Å²) in [5.74, 6) is -0.677. The van der Waals surface area contributed by atoms with Crippen LogP contribution in [-0.4, -0.2) is 17.6 Å². The van der Waals surface area contributed by atoms with Gasteiger partial charge in [-0.25, -0.2) is 4.79 Å². The van der Waals surface area contributed by atoms with Crippen LogP contribution in [0.2, 0.25) is 10.0 Å². The van der Waals surface area contributed by atoms with E-state index >= 15 is 0 Å². The molecule has 0 fully saturated rings. The zero-order chi connectivity index (χ0) is 15.7. The number of carbonyl (C=O) groups is 1. The van der Waals surface area contributed by atoms with Gasteiger partial charge in [-0.05, 0) is 28.1 Å². The van der Waals surface area contributed by atoms with Crippen molar-refractivity contribution in [2.45, 2.75) is 0 Å². The van der Waals surface area contributed by atoms with Gasteiger partial charge in [0.25, 0.3) is 0 Å². The Morgan fingerprint density at radius 1 is 1.43 bits per heavy atom. The summed E-state index contributed by atoms with van der Waals surface area (Å²) in [5, 5.41) is 9.57. The minimum Gasteiger partial charge on any atom is -0.464 e. The van der Waals surface area contributed by atoms with E-state index in [9.17, 15) is 4.79 Å². The molecule has 1 aromatic carbocycles. The van der Waals surface area contributed by atoms with Crippen LogP contribution in [0.25, 0.3) is 5.69 Å². The van der Waals surface area contributed by atoms with Gasteiger partial charge in [-0.1, -0.05) is 23.2 Å². The number of benzene rings is 1. The summed E-state index contributed by atoms with van der Waals surface area (Å²) in [5.41, 5.74) is 6.43. The number of carbonyl (C=O) groups excluding carboxylic acids is 1. The summed E-state index contributed by atoms with van der Waals surface area (Å²) in [6, 6.07) is 5.23. The zero-order valence-electron chi connectivity index (χ0n) is 10.7. The normalized spacial score (nSPS) is 10.2. The highest BCUT2D eigenvalue weighted by Gasteiger charge is 2.23. The van der Waals surface area contributed by atoms with Crippen LogP contribution < -0.4 is 5.73 Å². The number of nitrogens with two attached hydrogens (primary N) is 1. The lowest BCUT2D eigenvalue weighted by Gasteiger charge is -2.11. The van der Waals surface area contributed by atoms with E-state index in [-0.39, 0.29) is 27.0 Å². The van der Waals surface area contributed by atoms with Gasteiger partial charge >= 0.3 is 5.97 Å². The number of rotatable bonds is 2. The summed E-state index contributed by atoms with van der Waals surface area (Å²) in [6.07, 6.45) is 1.41. The molecule has 2 aromatic rings. The van der Waals surface area contributed by atoms with Gasteiger partial charge < -0.3 is 15.0 Å². The lowest BCUT2D eigenvalue weighted by atomic mass is 10.2. The van der Waals surface area contributed by atoms with Gasteiger partial charge in [0.05, 0.1) is 34.1 Å². The van der Waals surface area contributed by atoms with Gasteiger partial charge in [0.2, 0.25) is 0 Å². The number of nitrogen functional groups attached to an aromatic ring is 1. The molecule has 0 amide bonds. The number of aromatic nitrogens is 1. The Bertz CT molecular complexity index is 781. The van der Waals surface area contributed by atoms with Gasteiger partial charge in [-0.2, -0.15) is 5.26 Å². The molecule has 0 aliphatic carbocycles. The fourth-order valence-corrected chi connectivity index (χ4v) is 2.67. The Hall–Kier alpha value is -1.68. The lowest BCUT2D eigenvalue weighted by Crippen LogP contribution is -2.11. The summed E-state index contributed by atoms with van der Waals surface area (Å²) in [4.78, 5) is 11.9. The molecule has 0 bridgehead atoms. The van der Waals surface area contributed by atoms with Crippen molar-refractivity contribution < 1.29 is 9.53 Å². The van der Waals surface area contributed by atoms with E-state index < -0.39 is 5.97 Å². The van der Waals surface area contributed by atoms with E-state index in [0.717, 1.165) is 0 Å². The van der Waals surface area contributed by atoms with E-state index in [1.807, 2.05) is 6.07 Å². The minimum atomic E-state index is -0.677. The Balaban J connectivity index is 2.79. The second-order valence-corrected chi connectivity index (χ2v) is 5.58. The van der Waals surface area contributed by atoms with Crippen molar-refractivity contribution in [3.8, 4) is 11.8 Å². The van der Waals surface area contributed by atoms with Crippen LogP contribution in [-0.2, 0) is 4.74 Å². The first kappa shape index (κ1) is 15.7. The molecule has 0 spiro atoms. The van der Waals surface area contributed by atoms with E-state index in [0.29, 0.717) is 10.2 Å². The molecule has 0 unspecified atom stereocenters. The van der Waals surface area contributed by atoms with Crippen LogP contribution in [0.15, 0.2) is 22.8 Å². The Kier molecular flexibility index (Phi) is 4.47. The molecular weight excluding hydrogens is 381 g/mol. The van der Waals surface area contributed by atoms with Crippen LogP contribution in [0.4, 0.5) is 5.69 Å². The first-order valence-corrected chi connectivity index (χ1v) is 7.10. The number of hydrogen-bond donors (Lipinski definition) is 1. The average molecular weight is 389 g/mol. The summed E-state index contributed by atoms with van der Waals surface area (Å²) in [7, 11) is 1.22. The highest BCUT2D eigenvalue weighted by atomic mass is 79.9. The predicted molar refractivity (Wildman–Crippen MR) is 84.0 cm³/mol. The smallest absolute Gasteiger partial charge is 0.357 e. The molecule has 0 atom stereocenters. The van der Waals surface area contributed by atoms with Gasteiger partial charge in [-0.15, -0.1) is 0 Å². The minimum absolute atomic E-state index is 0.0225. The molecule has 21 heavy (non-hydrogen) atoms. The van der Waals surface area contributed by atoms with Crippen molar-refractivity contribution >= 4 is 50.8 Å². The maximum atomic E-state index is 11.9. The Labute approximate surface area is 138 Å². The first-order valence-electron chi connectivity index (χ1n) is 5.55. The van der Waals surface area contributed by atoms with Gasteiger partial charge in [0.1, 0.15) is 6.07 Å². The molecule has 0 saturated carbocycles. The van der Waals surface area contributed by atoms with Gasteiger partial charge in [-0.3, -0.25) is 0 Å². The third kappa shape index (κ3) is 2.60. The SMILES string of the molecule is COC(=O)c1c(N)c(C#N)cn1-c1ccc(Br)c(Cl)c1Cl. The number of methoxy groups -OCH3 is 1. The Morgan fingerprint density at radius 2 is 2.10 bits per heavy atom. The lowest BCUT2D eigenvalue weighted by molar-refractivity contribution is 0.0593. The molecule has 8 heteroatoms. The highest BCUT2D eigenvalue weighted by Crippen LogP contribution is 2.36. The number of esters is 1. The topological polar surface area (TPSA) is 81.0 Å².